The lowest BCUT2D eigenvalue weighted by molar-refractivity contribution is 0.413. The molecule has 0 aliphatic carbocycles. The van der Waals surface area contributed by atoms with Crippen molar-refractivity contribution in [2.45, 2.75) is 33.2 Å². The maximum absolute atomic E-state index is 6.30. The van der Waals surface area contributed by atoms with Gasteiger partial charge < -0.3 is 9.73 Å². The SMILES string of the molecule is CCNC(Cc1c(C)nn(C)c1Cl)c1occc1C. The lowest BCUT2D eigenvalue weighted by Crippen LogP contribution is -2.23. The summed E-state index contributed by atoms with van der Waals surface area (Å²) in [6.07, 6.45) is 2.51. The van der Waals surface area contributed by atoms with Crippen LogP contribution in [0.5, 0.6) is 0 Å². The number of likely N-dealkylation sites (N-methyl/N-ethyl adjacent to an activating group) is 1. The molecule has 1 unspecified atom stereocenters. The number of hydrogen-bond acceptors (Lipinski definition) is 3. The fourth-order valence-electron chi connectivity index (χ4n) is 2.36. The predicted octanol–water partition coefficient (Wildman–Crippen LogP) is 3.18. The average molecular weight is 282 g/mol. The van der Waals surface area contributed by atoms with Crippen molar-refractivity contribution in [2.75, 3.05) is 6.54 Å². The van der Waals surface area contributed by atoms with Crippen LogP contribution in [0.3, 0.4) is 0 Å². The molecular weight excluding hydrogens is 262 g/mol. The third kappa shape index (κ3) is 2.85. The number of rotatable bonds is 5. The minimum atomic E-state index is 0.125. The Morgan fingerprint density at radius 1 is 1.47 bits per heavy atom. The van der Waals surface area contributed by atoms with Gasteiger partial charge in [-0.2, -0.15) is 5.10 Å². The molecule has 0 spiro atoms. The molecule has 0 saturated carbocycles. The highest BCUT2D eigenvalue weighted by molar-refractivity contribution is 6.30. The number of aromatic nitrogens is 2. The smallest absolute Gasteiger partial charge is 0.130 e. The molecule has 0 bridgehead atoms. The molecule has 1 N–H and O–H groups in total. The molecule has 0 radical (unpaired) electrons. The minimum absolute atomic E-state index is 0.125. The number of nitrogens with one attached hydrogen (secondary N) is 1. The standard InChI is InChI=1S/C14H20ClN3O/c1-5-16-12(13-9(2)6-7-19-13)8-11-10(3)17-18(4)14(11)15/h6-7,12,16H,5,8H2,1-4H3. The van der Waals surface area contributed by atoms with Gasteiger partial charge in [0.2, 0.25) is 0 Å². The summed E-state index contributed by atoms with van der Waals surface area (Å²) in [6.45, 7) is 7.00. The van der Waals surface area contributed by atoms with Gasteiger partial charge in [0, 0.05) is 12.6 Å². The Labute approximate surface area is 118 Å². The molecule has 104 valence electrons. The maximum Gasteiger partial charge on any atom is 0.130 e. The van der Waals surface area contributed by atoms with Crippen molar-refractivity contribution >= 4 is 11.6 Å². The van der Waals surface area contributed by atoms with Crippen molar-refractivity contribution in [1.82, 2.24) is 15.1 Å². The first-order chi connectivity index (χ1) is 9.04. The second kappa shape index (κ2) is 5.80. The van der Waals surface area contributed by atoms with Crippen LogP contribution in [0.4, 0.5) is 0 Å². The van der Waals surface area contributed by atoms with E-state index in [1.165, 1.54) is 0 Å². The zero-order chi connectivity index (χ0) is 14.0. The lowest BCUT2D eigenvalue weighted by Gasteiger charge is -2.16. The van der Waals surface area contributed by atoms with Crippen molar-refractivity contribution in [3.8, 4) is 0 Å². The largest absolute Gasteiger partial charge is 0.467 e. The van der Waals surface area contributed by atoms with Crippen molar-refractivity contribution in [2.24, 2.45) is 7.05 Å². The Morgan fingerprint density at radius 3 is 2.68 bits per heavy atom. The first-order valence-electron chi connectivity index (χ1n) is 6.50. The molecule has 0 aromatic carbocycles. The van der Waals surface area contributed by atoms with Crippen molar-refractivity contribution < 1.29 is 4.42 Å². The molecule has 2 heterocycles. The number of furan rings is 1. The van der Waals surface area contributed by atoms with Crippen LogP contribution in [-0.4, -0.2) is 16.3 Å². The average Bonchev–Trinajstić information content (AvgIpc) is 2.88. The van der Waals surface area contributed by atoms with Crippen LogP contribution in [0, 0.1) is 13.8 Å². The molecule has 0 fully saturated rings. The fraction of sp³-hybridized carbons (Fsp3) is 0.500. The van der Waals surface area contributed by atoms with Gasteiger partial charge in [0.05, 0.1) is 18.0 Å². The van der Waals surface area contributed by atoms with E-state index in [0.29, 0.717) is 5.15 Å². The van der Waals surface area contributed by atoms with E-state index < -0.39 is 0 Å². The third-order valence-corrected chi connectivity index (χ3v) is 3.82. The zero-order valence-corrected chi connectivity index (χ0v) is 12.6. The van der Waals surface area contributed by atoms with Gasteiger partial charge in [-0.1, -0.05) is 18.5 Å². The van der Waals surface area contributed by atoms with Gasteiger partial charge in [0.25, 0.3) is 0 Å². The normalized spacial score (nSPS) is 12.9. The Kier molecular flexibility index (Phi) is 4.32. The van der Waals surface area contributed by atoms with Gasteiger partial charge in [-0.15, -0.1) is 0 Å². The van der Waals surface area contributed by atoms with Crippen molar-refractivity contribution in [3.05, 3.63) is 40.1 Å². The van der Waals surface area contributed by atoms with Crippen LogP contribution >= 0.6 is 11.6 Å². The summed E-state index contributed by atoms with van der Waals surface area (Å²) in [5.41, 5.74) is 3.20. The number of hydrogen-bond donors (Lipinski definition) is 1. The lowest BCUT2D eigenvalue weighted by atomic mass is 10.0. The van der Waals surface area contributed by atoms with E-state index in [0.717, 1.165) is 35.5 Å². The van der Waals surface area contributed by atoms with Crippen molar-refractivity contribution in [3.63, 3.8) is 0 Å². The summed E-state index contributed by atoms with van der Waals surface area (Å²) in [5, 5.41) is 8.50. The van der Waals surface area contributed by atoms with Gasteiger partial charge in [0.15, 0.2) is 0 Å². The Bertz CT molecular complexity index is 559. The van der Waals surface area contributed by atoms with E-state index >= 15 is 0 Å². The minimum Gasteiger partial charge on any atom is -0.467 e. The first kappa shape index (κ1) is 14.2. The van der Waals surface area contributed by atoms with Crippen LogP contribution in [0.2, 0.25) is 5.15 Å². The van der Waals surface area contributed by atoms with Crippen LogP contribution in [0.25, 0.3) is 0 Å². The van der Waals surface area contributed by atoms with E-state index in [2.05, 4.69) is 24.3 Å². The van der Waals surface area contributed by atoms with E-state index in [4.69, 9.17) is 16.0 Å². The number of nitrogens with zero attached hydrogens (tertiary/aromatic N) is 2. The zero-order valence-electron chi connectivity index (χ0n) is 11.8. The Hall–Kier alpha value is -1.26. The topological polar surface area (TPSA) is 43.0 Å². The van der Waals surface area contributed by atoms with Gasteiger partial charge in [-0.3, -0.25) is 4.68 Å². The number of aryl methyl sites for hydroxylation is 3. The Morgan fingerprint density at radius 2 is 2.21 bits per heavy atom. The third-order valence-electron chi connectivity index (χ3n) is 3.35. The molecule has 2 aromatic rings. The molecule has 4 nitrogen and oxygen atoms in total. The molecule has 2 aromatic heterocycles. The highest BCUT2D eigenvalue weighted by atomic mass is 35.5. The molecule has 0 amide bonds. The summed E-state index contributed by atoms with van der Waals surface area (Å²) < 4.78 is 7.32. The van der Waals surface area contributed by atoms with E-state index in [1.807, 2.05) is 20.0 Å². The highest BCUT2D eigenvalue weighted by Gasteiger charge is 2.21. The summed E-state index contributed by atoms with van der Waals surface area (Å²) in [6, 6.07) is 2.11. The van der Waals surface area contributed by atoms with Gasteiger partial charge in [-0.25, -0.2) is 0 Å². The van der Waals surface area contributed by atoms with Crippen LogP contribution < -0.4 is 5.32 Å². The molecule has 1 atom stereocenters. The molecule has 5 heteroatoms. The van der Waals surface area contributed by atoms with Crippen LogP contribution in [0.1, 0.15) is 35.5 Å². The van der Waals surface area contributed by atoms with E-state index in [1.54, 1.807) is 10.9 Å². The second-order valence-corrected chi connectivity index (χ2v) is 5.12. The van der Waals surface area contributed by atoms with E-state index in [-0.39, 0.29) is 6.04 Å². The molecule has 2 rings (SSSR count). The number of halogens is 1. The summed E-state index contributed by atoms with van der Waals surface area (Å²) in [4.78, 5) is 0. The first-order valence-corrected chi connectivity index (χ1v) is 6.87. The van der Waals surface area contributed by atoms with Crippen molar-refractivity contribution in [1.29, 1.82) is 0 Å². The molecule has 19 heavy (non-hydrogen) atoms. The summed E-state index contributed by atoms with van der Waals surface area (Å²) in [5.74, 6) is 0.973. The fourth-order valence-corrected chi connectivity index (χ4v) is 2.61. The molecule has 0 saturated heterocycles. The van der Waals surface area contributed by atoms with E-state index in [9.17, 15) is 0 Å². The molecular formula is C14H20ClN3O. The van der Waals surface area contributed by atoms with Crippen LogP contribution in [0.15, 0.2) is 16.7 Å². The maximum atomic E-state index is 6.30. The molecule has 0 aliphatic rings. The van der Waals surface area contributed by atoms with Gasteiger partial charge in [-0.05, 0) is 38.4 Å². The van der Waals surface area contributed by atoms with Gasteiger partial charge >= 0.3 is 0 Å². The highest BCUT2D eigenvalue weighted by Crippen LogP contribution is 2.27. The predicted molar refractivity (Wildman–Crippen MR) is 76.5 cm³/mol. The summed E-state index contributed by atoms with van der Waals surface area (Å²) >= 11 is 6.30. The van der Waals surface area contributed by atoms with Gasteiger partial charge in [0.1, 0.15) is 10.9 Å². The monoisotopic (exact) mass is 281 g/mol. The second-order valence-electron chi connectivity index (χ2n) is 4.76. The Balaban J connectivity index is 2.29. The quantitative estimate of drug-likeness (QED) is 0.915. The summed E-state index contributed by atoms with van der Waals surface area (Å²) in [7, 11) is 1.86. The van der Waals surface area contributed by atoms with Crippen LogP contribution in [-0.2, 0) is 13.5 Å². The molecule has 0 aliphatic heterocycles.